The van der Waals surface area contributed by atoms with Crippen molar-refractivity contribution < 1.29 is 0 Å². The molecule has 4 heteroatoms. The largest absolute Gasteiger partial charge is 0.399 e. The van der Waals surface area contributed by atoms with Gasteiger partial charge in [-0.05, 0) is 23.1 Å². The molecule has 0 aliphatic heterocycles. The number of hydrogen-bond donors (Lipinski definition) is 1. The number of nitrogens with zero attached hydrogens (tertiary/aromatic N) is 3. The van der Waals surface area contributed by atoms with Crippen molar-refractivity contribution in [3.8, 4) is 0 Å². The number of hydrogen-bond acceptors (Lipinski definition) is 3. The molecule has 4 nitrogen and oxygen atoms in total. The molecule has 0 bridgehead atoms. The molecule has 3 heterocycles. The topological polar surface area (TPSA) is 56.2 Å². The van der Waals surface area contributed by atoms with Gasteiger partial charge >= 0.3 is 0 Å². The minimum atomic E-state index is 0.527. The number of benzene rings is 1. The van der Waals surface area contributed by atoms with Gasteiger partial charge in [0.05, 0.1) is 11.7 Å². The van der Waals surface area contributed by atoms with Crippen LogP contribution in [0.1, 0.15) is 16.8 Å². The summed E-state index contributed by atoms with van der Waals surface area (Å²) in [5.74, 6) is 0. The van der Waals surface area contributed by atoms with Crippen LogP contribution in [0, 0.1) is 0 Å². The molecule has 0 radical (unpaired) electrons. The summed E-state index contributed by atoms with van der Waals surface area (Å²) in [5.41, 5.74) is 10.4. The molecule has 23 heavy (non-hydrogen) atoms. The highest BCUT2D eigenvalue weighted by molar-refractivity contribution is 5.82. The molecule has 0 atom stereocenters. The molecule has 0 saturated carbocycles. The van der Waals surface area contributed by atoms with E-state index in [1.165, 1.54) is 5.39 Å². The zero-order valence-corrected chi connectivity index (χ0v) is 12.6. The molecule has 0 aliphatic rings. The second-order valence-electron chi connectivity index (χ2n) is 5.61. The predicted molar refractivity (Wildman–Crippen MR) is 93.0 cm³/mol. The maximum absolute atomic E-state index is 5.90. The monoisotopic (exact) mass is 300 g/mol. The summed E-state index contributed by atoms with van der Waals surface area (Å²) >= 11 is 0. The predicted octanol–water partition coefficient (Wildman–Crippen LogP) is 3.40. The van der Waals surface area contributed by atoms with Crippen molar-refractivity contribution in [2.45, 2.75) is 6.42 Å². The normalized spacial score (nSPS) is 11.1. The van der Waals surface area contributed by atoms with Gasteiger partial charge in [0.15, 0.2) is 0 Å². The van der Waals surface area contributed by atoms with Gasteiger partial charge in [-0.25, -0.2) is 4.52 Å². The van der Waals surface area contributed by atoms with Gasteiger partial charge in [-0.1, -0.05) is 36.9 Å². The van der Waals surface area contributed by atoms with Crippen molar-refractivity contribution in [1.82, 2.24) is 14.6 Å². The van der Waals surface area contributed by atoms with E-state index in [4.69, 9.17) is 5.73 Å². The molecule has 0 aliphatic carbocycles. The first-order chi connectivity index (χ1) is 11.2. The van der Waals surface area contributed by atoms with Crippen molar-refractivity contribution >= 4 is 22.0 Å². The SMILES string of the molecule is C=C(N)c1cnn2cccc(Cc3cc4ccccc4cn3)c12. The average molecular weight is 300 g/mol. The first kappa shape index (κ1) is 13.5. The van der Waals surface area contributed by atoms with Crippen LogP contribution in [0.5, 0.6) is 0 Å². The number of nitrogens with two attached hydrogens (primary N) is 1. The second kappa shape index (κ2) is 5.25. The van der Waals surface area contributed by atoms with Crippen molar-refractivity contribution in [2.24, 2.45) is 5.73 Å². The zero-order valence-electron chi connectivity index (χ0n) is 12.6. The summed E-state index contributed by atoms with van der Waals surface area (Å²) in [6, 6.07) is 14.4. The molecular weight excluding hydrogens is 284 g/mol. The Bertz CT molecular complexity index is 1030. The Balaban J connectivity index is 1.82. The van der Waals surface area contributed by atoms with Crippen LogP contribution in [-0.4, -0.2) is 14.6 Å². The molecule has 0 spiro atoms. The maximum atomic E-state index is 5.90. The van der Waals surface area contributed by atoms with Crippen LogP contribution >= 0.6 is 0 Å². The van der Waals surface area contributed by atoms with Gasteiger partial charge in [-0.15, -0.1) is 0 Å². The van der Waals surface area contributed by atoms with Crippen molar-refractivity contribution in [1.29, 1.82) is 0 Å². The Kier molecular flexibility index (Phi) is 3.08. The highest BCUT2D eigenvalue weighted by Crippen LogP contribution is 2.23. The van der Waals surface area contributed by atoms with Crippen LogP contribution in [0.15, 0.2) is 67.6 Å². The minimum Gasteiger partial charge on any atom is -0.399 e. The summed E-state index contributed by atoms with van der Waals surface area (Å²) in [7, 11) is 0. The first-order valence-electron chi connectivity index (χ1n) is 7.46. The highest BCUT2D eigenvalue weighted by Gasteiger charge is 2.11. The van der Waals surface area contributed by atoms with Gasteiger partial charge in [0, 0.05) is 41.2 Å². The highest BCUT2D eigenvalue weighted by atomic mass is 15.2. The Labute approximate surface area is 133 Å². The molecule has 2 N–H and O–H groups in total. The number of fused-ring (bicyclic) bond motifs is 2. The lowest BCUT2D eigenvalue weighted by Gasteiger charge is -2.07. The molecule has 1 aromatic carbocycles. The third-order valence-electron chi connectivity index (χ3n) is 4.03. The molecule has 0 unspecified atom stereocenters. The molecule has 3 aromatic heterocycles. The number of rotatable bonds is 3. The van der Waals surface area contributed by atoms with Crippen LogP contribution in [0.3, 0.4) is 0 Å². The van der Waals surface area contributed by atoms with Crippen LogP contribution < -0.4 is 5.73 Å². The Morgan fingerprint density at radius 2 is 1.91 bits per heavy atom. The summed E-state index contributed by atoms with van der Waals surface area (Å²) in [6.07, 6.45) is 6.32. The van der Waals surface area contributed by atoms with E-state index in [0.29, 0.717) is 5.70 Å². The first-order valence-corrected chi connectivity index (χ1v) is 7.46. The van der Waals surface area contributed by atoms with Gasteiger partial charge in [0.2, 0.25) is 0 Å². The molecule has 0 saturated heterocycles. The summed E-state index contributed by atoms with van der Waals surface area (Å²) in [4.78, 5) is 4.58. The van der Waals surface area contributed by atoms with Gasteiger partial charge in [-0.3, -0.25) is 4.98 Å². The van der Waals surface area contributed by atoms with E-state index in [0.717, 1.165) is 34.1 Å². The molecular formula is C19H16N4. The molecule has 112 valence electrons. The van der Waals surface area contributed by atoms with Gasteiger partial charge in [-0.2, -0.15) is 5.10 Å². The molecule has 4 aromatic rings. The average Bonchev–Trinajstić information content (AvgIpc) is 3.00. The molecule has 0 amide bonds. The van der Waals surface area contributed by atoms with Crippen molar-refractivity contribution in [3.05, 3.63) is 84.5 Å². The standard InChI is InChI=1S/C19H16N4/c1-13(20)18-12-22-23-8-4-7-15(19(18)23)10-17-9-14-5-2-3-6-16(14)11-21-17/h2-9,11-12H,1,10,20H2. The zero-order chi connectivity index (χ0) is 15.8. The Morgan fingerprint density at radius 3 is 2.74 bits per heavy atom. The van der Waals surface area contributed by atoms with Crippen molar-refractivity contribution in [3.63, 3.8) is 0 Å². The third kappa shape index (κ3) is 2.34. The quantitative estimate of drug-likeness (QED) is 0.631. The maximum Gasteiger partial charge on any atom is 0.0790 e. The van der Waals surface area contributed by atoms with Gasteiger partial charge in [0.1, 0.15) is 0 Å². The lowest BCUT2D eigenvalue weighted by Crippen LogP contribution is -1.99. The van der Waals surface area contributed by atoms with Gasteiger partial charge < -0.3 is 5.73 Å². The van der Waals surface area contributed by atoms with E-state index in [1.807, 2.05) is 35.1 Å². The van der Waals surface area contributed by atoms with E-state index >= 15 is 0 Å². The van der Waals surface area contributed by atoms with E-state index in [9.17, 15) is 0 Å². The third-order valence-corrected chi connectivity index (χ3v) is 4.03. The Hall–Kier alpha value is -3.14. The lowest BCUT2D eigenvalue weighted by atomic mass is 10.0. The van der Waals surface area contributed by atoms with E-state index in [-0.39, 0.29) is 0 Å². The van der Waals surface area contributed by atoms with E-state index in [2.05, 4.69) is 40.9 Å². The fourth-order valence-corrected chi connectivity index (χ4v) is 2.91. The van der Waals surface area contributed by atoms with Crippen LogP contribution in [0.2, 0.25) is 0 Å². The van der Waals surface area contributed by atoms with Gasteiger partial charge in [0.25, 0.3) is 0 Å². The number of aromatic nitrogens is 3. The Morgan fingerprint density at radius 1 is 1.09 bits per heavy atom. The molecule has 4 rings (SSSR count). The van der Waals surface area contributed by atoms with Crippen LogP contribution in [0.4, 0.5) is 0 Å². The van der Waals surface area contributed by atoms with Crippen LogP contribution in [0.25, 0.3) is 22.0 Å². The number of pyridine rings is 2. The minimum absolute atomic E-state index is 0.527. The fourth-order valence-electron chi connectivity index (χ4n) is 2.91. The summed E-state index contributed by atoms with van der Waals surface area (Å²) in [6.45, 7) is 3.85. The second-order valence-corrected chi connectivity index (χ2v) is 5.61. The van der Waals surface area contributed by atoms with Crippen molar-refractivity contribution in [2.75, 3.05) is 0 Å². The summed E-state index contributed by atoms with van der Waals surface area (Å²) in [5, 5.41) is 6.69. The smallest absolute Gasteiger partial charge is 0.0790 e. The summed E-state index contributed by atoms with van der Waals surface area (Å²) < 4.78 is 1.84. The lowest BCUT2D eigenvalue weighted by molar-refractivity contribution is 0.946. The van der Waals surface area contributed by atoms with E-state index in [1.54, 1.807) is 6.20 Å². The molecule has 0 fully saturated rings. The van der Waals surface area contributed by atoms with E-state index < -0.39 is 0 Å². The fraction of sp³-hybridized carbons (Fsp3) is 0.0526. The van der Waals surface area contributed by atoms with Crippen LogP contribution in [-0.2, 0) is 6.42 Å².